The molecule has 2 N–H and O–H groups in total. The zero-order valence-electron chi connectivity index (χ0n) is 12.1. The van der Waals surface area contributed by atoms with Crippen molar-refractivity contribution in [2.75, 3.05) is 17.7 Å². The number of nitrogens with one attached hydrogen (secondary N) is 2. The Morgan fingerprint density at radius 2 is 1.77 bits per heavy atom. The third-order valence-electron chi connectivity index (χ3n) is 2.85. The predicted molar refractivity (Wildman–Crippen MR) is 81.7 cm³/mol. The fourth-order valence-corrected chi connectivity index (χ4v) is 1.89. The summed E-state index contributed by atoms with van der Waals surface area (Å²) in [4.78, 5) is 23.2. The molecule has 0 radical (unpaired) electrons. The summed E-state index contributed by atoms with van der Waals surface area (Å²) in [6.07, 6.45) is 0. The molecule has 0 fully saturated rings. The lowest BCUT2D eigenvalue weighted by molar-refractivity contribution is -0.114. The fourth-order valence-electron chi connectivity index (χ4n) is 1.89. The number of carbonyl (C=O) groups excluding carboxylic acids is 2. The number of anilines is 2. The van der Waals surface area contributed by atoms with Gasteiger partial charge in [-0.3, -0.25) is 9.59 Å². The van der Waals surface area contributed by atoms with Gasteiger partial charge in [0.1, 0.15) is 0 Å². The van der Waals surface area contributed by atoms with Gasteiger partial charge in [-0.1, -0.05) is 6.07 Å². The number of carbonyl (C=O) groups is 2. The first kappa shape index (κ1) is 15.5. The van der Waals surface area contributed by atoms with Crippen molar-refractivity contribution < 1.29 is 18.7 Å². The van der Waals surface area contributed by atoms with Gasteiger partial charge in [-0.2, -0.15) is 0 Å². The van der Waals surface area contributed by atoms with E-state index in [-0.39, 0.29) is 11.7 Å². The van der Waals surface area contributed by atoms with Gasteiger partial charge in [0.25, 0.3) is 5.91 Å². The molecule has 2 aromatic rings. The summed E-state index contributed by atoms with van der Waals surface area (Å²) < 4.78 is 18.4. The van der Waals surface area contributed by atoms with Gasteiger partial charge in [0.05, 0.1) is 7.11 Å². The summed E-state index contributed by atoms with van der Waals surface area (Å²) in [5.41, 5.74) is 1.18. The van der Waals surface area contributed by atoms with E-state index < -0.39 is 11.7 Å². The lowest BCUT2D eigenvalue weighted by Crippen LogP contribution is -2.13. The molecule has 2 amide bonds. The van der Waals surface area contributed by atoms with Gasteiger partial charge in [-0.15, -0.1) is 0 Å². The largest absolute Gasteiger partial charge is 0.494 e. The van der Waals surface area contributed by atoms with Gasteiger partial charge in [-0.25, -0.2) is 4.39 Å². The van der Waals surface area contributed by atoms with Crippen LogP contribution in [0.3, 0.4) is 0 Å². The Morgan fingerprint density at radius 3 is 2.41 bits per heavy atom. The number of rotatable bonds is 4. The van der Waals surface area contributed by atoms with Gasteiger partial charge in [0, 0.05) is 29.9 Å². The second kappa shape index (κ2) is 6.71. The van der Waals surface area contributed by atoms with Crippen LogP contribution in [-0.4, -0.2) is 18.9 Å². The Morgan fingerprint density at radius 1 is 1.05 bits per heavy atom. The first-order valence-corrected chi connectivity index (χ1v) is 6.52. The quantitative estimate of drug-likeness (QED) is 0.912. The highest BCUT2D eigenvalue weighted by molar-refractivity contribution is 6.05. The molecular formula is C16H15FN2O3. The maximum absolute atomic E-state index is 13.6. The Labute approximate surface area is 127 Å². The van der Waals surface area contributed by atoms with Gasteiger partial charge in [0.2, 0.25) is 5.91 Å². The van der Waals surface area contributed by atoms with Crippen molar-refractivity contribution >= 4 is 23.2 Å². The maximum atomic E-state index is 13.6. The van der Waals surface area contributed by atoms with E-state index in [0.717, 1.165) is 0 Å². The highest BCUT2D eigenvalue weighted by atomic mass is 19.1. The minimum absolute atomic E-state index is 0.102. The van der Waals surface area contributed by atoms with E-state index in [1.807, 2.05) is 0 Å². The van der Waals surface area contributed by atoms with E-state index in [9.17, 15) is 14.0 Å². The minimum atomic E-state index is -0.563. The molecule has 2 rings (SSSR count). The Bertz CT molecular complexity index is 716. The number of hydrogen-bond donors (Lipinski definition) is 2. The van der Waals surface area contributed by atoms with E-state index in [1.165, 1.54) is 38.3 Å². The van der Waals surface area contributed by atoms with Gasteiger partial charge in [0.15, 0.2) is 11.6 Å². The van der Waals surface area contributed by atoms with Crippen molar-refractivity contribution in [3.05, 3.63) is 53.8 Å². The highest BCUT2D eigenvalue weighted by Gasteiger charge is 2.09. The molecule has 114 valence electrons. The summed E-state index contributed by atoms with van der Waals surface area (Å²) in [5, 5.41) is 5.18. The van der Waals surface area contributed by atoms with Crippen molar-refractivity contribution in [3.8, 4) is 5.75 Å². The Hall–Kier alpha value is -2.89. The summed E-state index contributed by atoms with van der Waals surface area (Å²) in [5.74, 6) is -1.09. The van der Waals surface area contributed by atoms with Crippen LogP contribution in [0.2, 0.25) is 0 Å². The molecule has 0 saturated heterocycles. The van der Waals surface area contributed by atoms with Crippen molar-refractivity contribution in [1.29, 1.82) is 0 Å². The summed E-state index contributed by atoms with van der Waals surface area (Å²) >= 11 is 0. The maximum Gasteiger partial charge on any atom is 0.255 e. The highest BCUT2D eigenvalue weighted by Crippen LogP contribution is 2.21. The molecule has 0 bridgehead atoms. The van der Waals surface area contributed by atoms with Crippen LogP contribution in [0.1, 0.15) is 17.3 Å². The molecule has 0 atom stereocenters. The number of benzene rings is 2. The summed E-state index contributed by atoms with van der Waals surface area (Å²) in [6, 6.07) is 10.6. The molecule has 5 nitrogen and oxygen atoms in total. The number of amides is 2. The van der Waals surface area contributed by atoms with E-state index in [4.69, 9.17) is 4.74 Å². The molecule has 0 heterocycles. The van der Waals surface area contributed by atoms with Crippen LogP contribution >= 0.6 is 0 Å². The molecule has 0 aliphatic rings. The van der Waals surface area contributed by atoms with Crippen LogP contribution < -0.4 is 15.4 Å². The molecule has 0 unspecified atom stereocenters. The second-order valence-corrected chi connectivity index (χ2v) is 4.57. The average Bonchev–Trinajstić information content (AvgIpc) is 2.47. The van der Waals surface area contributed by atoms with Gasteiger partial charge >= 0.3 is 0 Å². The number of methoxy groups -OCH3 is 1. The van der Waals surface area contributed by atoms with Crippen molar-refractivity contribution in [3.63, 3.8) is 0 Å². The Balaban J connectivity index is 2.15. The summed E-state index contributed by atoms with van der Waals surface area (Å²) in [7, 11) is 1.37. The van der Waals surface area contributed by atoms with E-state index in [0.29, 0.717) is 16.9 Å². The van der Waals surface area contributed by atoms with E-state index in [2.05, 4.69) is 10.6 Å². The van der Waals surface area contributed by atoms with Crippen LogP contribution in [-0.2, 0) is 4.79 Å². The SMILES string of the molecule is COc1ccc(NC(=O)c2cccc(NC(C)=O)c2)cc1F. The molecule has 0 aliphatic carbocycles. The zero-order chi connectivity index (χ0) is 16.1. The van der Waals surface area contributed by atoms with Crippen LogP contribution in [0.25, 0.3) is 0 Å². The first-order valence-electron chi connectivity index (χ1n) is 6.52. The van der Waals surface area contributed by atoms with E-state index in [1.54, 1.807) is 18.2 Å². The van der Waals surface area contributed by atoms with Crippen LogP contribution in [0.4, 0.5) is 15.8 Å². The van der Waals surface area contributed by atoms with E-state index >= 15 is 0 Å². The molecule has 2 aromatic carbocycles. The number of hydrogen-bond acceptors (Lipinski definition) is 3. The molecule has 6 heteroatoms. The minimum Gasteiger partial charge on any atom is -0.494 e. The van der Waals surface area contributed by atoms with Gasteiger partial charge in [-0.05, 0) is 30.3 Å². The smallest absolute Gasteiger partial charge is 0.255 e. The van der Waals surface area contributed by atoms with Crippen molar-refractivity contribution in [2.45, 2.75) is 6.92 Å². The molecule has 22 heavy (non-hydrogen) atoms. The molecular weight excluding hydrogens is 287 g/mol. The Kier molecular flexibility index (Phi) is 4.73. The normalized spacial score (nSPS) is 9.95. The van der Waals surface area contributed by atoms with Crippen LogP contribution in [0.15, 0.2) is 42.5 Å². The van der Waals surface area contributed by atoms with Crippen LogP contribution in [0, 0.1) is 5.82 Å². The topological polar surface area (TPSA) is 67.4 Å². The first-order chi connectivity index (χ1) is 10.5. The summed E-state index contributed by atoms with van der Waals surface area (Å²) in [6.45, 7) is 1.38. The van der Waals surface area contributed by atoms with Gasteiger partial charge < -0.3 is 15.4 Å². The number of halogens is 1. The number of ether oxygens (including phenoxy) is 1. The molecule has 0 saturated carbocycles. The molecule has 0 spiro atoms. The van der Waals surface area contributed by atoms with Crippen molar-refractivity contribution in [1.82, 2.24) is 0 Å². The fraction of sp³-hybridized carbons (Fsp3) is 0.125. The lowest BCUT2D eigenvalue weighted by Gasteiger charge is -2.09. The molecule has 0 aromatic heterocycles. The third-order valence-corrected chi connectivity index (χ3v) is 2.85. The average molecular weight is 302 g/mol. The monoisotopic (exact) mass is 302 g/mol. The molecule has 0 aliphatic heterocycles. The van der Waals surface area contributed by atoms with Crippen molar-refractivity contribution in [2.24, 2.45) is 0 Å². The zero-order valence-corrected chi connectivity index (χ0v) is 12.1. The second-order valence-electron chi connectivity index (χ2n) is 4.57. The predicted octanol–water partition coefficient (Wildman–Crippen LogP) is 3.05. The third kappa shape index (κ3) is 3.82. The lowest BCUT2D eigenvalue weighted by atomic mass is 10.1. The van der Waals surface area contributed by atoms with Crippen LogP contribution in [0.5, 0.6) is 5.75 Å². The standard InChI is InChI=1S/C16H15FN2O3/c1-10(20)18-12-5-3-4-11(8-12)16(21)19-13-6-7-15(22-2)14(17)9-13/h3-9H,1-2H3,(H,18,20)(H,19,21).